The van der Waals surface area contributed by atoms with Gasteiger partial charge in [0.05, 0.1) is 24.8 Å². The molecule has 1 amide bonds. The molecule has 0 aliphatic carbocycles. The molecule has 0 saturated carbocycles. The highest BCUT2D eigenvalue weighted by Crippen LogP contribution is 2.36. The number of alkyl carbamates (subject to hydrolysis) is 1. The van der Waals surface area contributed by atoms with Crippen LogP contribution in [0.2, 0.25) is 5.02 Å². The zero-order valence-electron chi connectivity index (χ0n) is 16.6. The molecular formula is C20H30ClFN2O3. The minimum atomic E-state index is -0.489. The molecule has 7 heteroatoms. The first-order chi connectivity index (χ1) is 12.7. The highest BCUT2D eigenvalue weighted by Gasteiger charge is 2.33. The van der Waals surface area contributed by atoms with Crippen LogP contribution in [0.5, 0.6) is 0 Å². The lowest BCUT2D eigenvalue weighted by atomic mass is 9.86. The lowest BCUT2D eigenvalue weighted by molar-refractivity contribution is -0.0301. The lowest BCUT2D eigenvalue weighted by Crippen LogP contribution is -2.48. The van der Waals surface area contributed by atoms with E-state index in [0.717, 1.165) is 31.5 Å². The summed E-state index contributed by atoms with van der Waals surface area (Å²) in [6.07, 6.45) is 1.40. The van der Waals surface area contributed by atoms with E-state index in [4.69, 9.17) is 16.3 Å². The van der Waals surface area contributed by atoms with Crippen LogP contribution in [-0.2, 0) is 9.47 Å². The molecular weight excluding hydrogens is 371 g/mol. The van der Waals surface area contributed by atoms with Gasteiger partial charge < -0.3 is 14.8 Å². The summed E-state index contributed by atoms with van der Waals surface area (Å²) < 4.78 is 24.3. The van der Waals surface area contributed by atoms with Gasteiger partial charge in [-0.15, -0.1) is 0 Å². The molecule has 0 aromatic heterocycles. The van der Waals surface area contributed by atoms with E-state index in [1.54, 1.807) is 12.1 Å². The fraction of sp³-hybridized carbons (Fsp3) is 0.650. The van der Waals surface area contributed by atoms with Gasteiger partial charge in [0.1, 0.15) is 5.82 Å². The topological polar surface area (TPSA) is 50.8 Å². The monoisotopic (exact) mass is 400 g/mol. The summed E-state index contributed by atoms with van der Waals surface area (Å²) in [5, 5.41) is 2.71. The Morgan fingerprint density at radius 3 is 2.81 bits per heavy atom. The van der Waals surface area contributed by atoms with Crippen molar-refractivity contribution in [1.29, 1.82) is 0 Å². The van der Waals surface area contributed by atoms with E-state index in [-0.39, 0.29) is 22.6 Å². The predicted molar refractivity (Wildman–Crippen MR) is 105 cm³/mol. The quantitative estimate of drug-likeness (QED) is 0.719. The van der Waals surface area contributed by atoms with Crippen molar-refractivity contribution in [3.05, 3.63) is 34.6 Å². The summed E-state index contributed by atoms with van der Waals surface area (Å²) in [4.78, 5) is 13.7. The first-order valence-corrected chi connectivity index (χ1v) is 9.73. The van der Waals surface area contributed by atoms with Gasteiger partial charge in [-0.05, 0) is 57.9 Å². The van der Waals surface area contributed by atoms with Crippen molar-refractivity contribution in [1.82, 2.24) is 10.2 Å². The molecule has 1 fully saturated rings. The molecule has 1 aromatic carbocycles. The number of nitrogens with zero attached hydrogens (tertiary/aromatic N) is 1. The van der Waals surface area contributed by atoms with Gasteiger partial charge in [-0.25, -0.2) is 9.18 Å². The highest BCUT2D eigenvalue weighted by molar-refractivity contribution is 6.30. The number of carbonyl (C=O) groups is 1. The second kappa shape index (κ2) is 9.71. The number of hydrogen-bond donors (Lipinski definition) is 1. The van der Waals surface area contributed by atoms with Gasteiger partial charge in [-0.1, -0.05) is 17.7 Å². The summed E-state index contributed by atoms with van der Waals surface area (Å²) in [6.45, 7) is 9.25. The fourth-order valence-corrected chi connectivity index (χ4v) is 3.66. The molecule has 152 valence electrons. The first kappa shape index (κ1) is 21.9. The third kappa shape index (κ3) is 6.33. The second-order valence-corrected chi connectivity index (χ2v) is 8.31. The van der Waals surface area contributed by atoms with E-state index < -0.39 is 11.9 Å². The Morgan fingerprint density at radius 1 is 1.44 bits per heavy atom. The molecule has 0 spiro atoms. The van der Waals surface area contributed by atoms with E-state index in [0.29, 0.717) is 13.2 Å². The number of ether oxygens (including phenoxy) is 2. The Morgan fingerprint density at radius 2 is 2.19 bits per heavy atom. The largest absolute Gasteiger partial charge is 0.453 e. The molecule has 1 aromatic rings. The fourth-order valence-electron chi connectivity index (χ4n) is 3.47. The van der Waals surface area contributed by atoms with Crippen LogP contribution in [0.4, 0.5) is 9.18 Å². The van der Waals surface area contributed by atoms with E-state index in [9.17, 15) is 9.18 Å². The average Bonchev–Trinajstić information content (AvgIpc) is 2.63. The Hall–Kier alpha value is -1.37. The van der Waals surface area contributed by atoms with Gasteiger partial charge in [-0.2, -0.15) is 0 Å². The highest BCUT2D eigenvalue weighted by atomic mass is 35.5. The third-order valence-electron chi connectivity index (χ3n) is 4.96. The van der Waals surface area contributed by atoms with Gasteiger partial charge in [0.25, 0.3) is 0 Å². The molecule has 2 atom stereocenters. The number of benzene rings is 1. The summed E-state index contributed by atoms with van der Waals surface area (Å²) in [5.74, 6) is -0.177. The maximum absolute atomic E-state index is 13.6. The van der Waals surface area contributed by atoms with E-state index in [2.05, 4.69) is 35.7 Å². The van der Waals surface area contributed by atoms with Crippen LogP contribution in [0.25, 0.3) is 0 Å². The first-order valence-electron chi connectivity index (χ1n) is 9.35. The number of amides is 1. The molecule has 5 nitrogen and oxygen atoms in total. The minimum absolute atomic E-state index is 0.0795. The van der Waals surface area contributed by atoms with Crippen LogP contribution >= 0.6 is 11.6 Å². The minimum Gasteiger partial charge on any atom is -0.453 e. The maximum atomic E-state index is 13.6. The van der Waals surface area contributed by atoms with Crippen molar-refractivity contribution in [2.75, 3.05) is 33.4 Å². The molecule has 1 heterocycles. The Kier molecular flexibility index (Phi) is 7.89. The standard InChI is InChI=1S/C20H30ClFN2O3/c1-20(2,3)24-10-5-6-15(13-24)18(27-11-9-23-19(25)26-4)14-7-8-17(22)16(21)12-14/h7-8,12,15,18H,5-6,9-11,13H2,1-4H3,(H,23,25)/t15-,18+/m1/s1. The van der Waals surface area contributed by atoms with Crippen LogP contribution < -0.4 is 5.32 Å². The maximum Gasteiger partial charge on any atom is 0.406 e. The molecule has 0 bridgehead atoms. The van der Waals surface area contributed by atoms with Crippen molar-refractivity contribution in [2.45, 2.75) is 45.3 Å². The van der Waals surface area contributed by atoms with Crippen LogP contribution in [0.3, 0.4) is 0 Å². The van der Waals surface area contributed by atoms with Gasteiger partial charge in [0.15, 0.2) is 0 Å². The van der Waals surface area contributed by atoms with Gasteiger partial charge >= 0.3 is 6.09 Å². The van der Waals surface area contributed by atoms with Crippen LogP contribution in [0, 0.1) is 11.7 Å². The number of carbonyl (C=O) groups excluding carboxylic acids is 1. The van der Waals surface area contributed by atoms with Gasteiger partial charge in [0, 0.05) is 24.5 Å². The van der Waals surface area contributed by atoms with Crippen molar-refractivity contribution < 1.29 is 18.7 Å². The zero-order valence-corrected chi connectivity index (χ0v) is 17.3. The Labute approximate surface area is 166 Å². The van der Waals surface area contributed by atoms with E-state index >= 15 is 0 Å². The van der Waals surface area contributed by atoms with Gasteiger partial charge in [0.2, 0.25) is 0 Å². The zero-order chi connectivity index (χ0) is 20.0. The Bertz CT molecular complexity index is 636. The number of likely N-dealkylation sites (tertiary alicyclic amines) is 1. The van der Waals surface area contributed by atoms with Crippen molar-refractivity contribution >= 4 is 17.7 Å². The van der Waals surface area contributed by atoms with Gasteiger partial charge in [-0.3, -0.25) is 4.90 Å². The number of hydrogen-bond acceptors (Lipinski definition) is 4. The molecule has 0 radical (unpaired) electrons. The summed E-state index contributed by atoms with van der Waals surface area (Å²) >= 11 is 6.01. The molecule has 1 N–H and O–H groups in total. The van der Waals surface area contributed by atoms with Crippen molar-refractivity contribution in [3.8, 4) is 0 Å². The molecule has 1 aliphatic heterocycles. The second-order valence-electron chi connectivity index (χ2n) is 7.90. The number of methoxy groups -OCH3 is 1. The molecule has 1 saturated heterocycles. The Balaban J connectivity index is 2.13. The van der Waals surface area contributed by atoms with Crippen LogP contribution in [-0.4, -0.2) is 49.9 Å². The van der Waals surface area contributed by atoms with E-state index in [1.165, 1.54) is 13.2 Å². The summed E-state index contributed by atoms with van der Waals surface area (Å²) in [7, 11) is 1.32. The van der Waals surface area contributed by atoms with Crippen molar-refractivity contribution in [3.63, 3.8) is 0 Å². The summed E-state index contributed by atoms with van der Waals surface area (Å²) in [5.41, 5.74) is 0.941. The molecule has 0 unspecified atom stereocenters. The average molecular weight is 401 g/mol. The number of piperidine rings is 1. The SMILES string of the molecule is COC(=O)NCCO[C@@H](c1ccc(F)c(Cl)c1)[C@@H]1CCCN(C(C)(C)C)C1. The smallest absolute Gasteiger partial charge is 0.406 e. The number of rotatable bonds is 6. The molecule has 27 heavy (non-hydrogen) atoms. The number of halogens is 2. The lowest BCUT2D eigenvalue weighted by Gasteiger charge is -2.43. The molecule has 1 aliphatic rings. The van der Waals surface area contributed by atoms with E-state index in [1.807, 2.05) is 0 Å². The van der Waals surface area contributed by atoms with Crippen molar-refractivity contribution in [2.24, 2.45) is 5.92 Å². The predicted octanol–water partition coefficient (Wildman–Crippen LogP) is 4.40. The normalized spacial score (nSPS) is 19.6. The van der Waals surface area contributed by atoms with Crippen LogP contribution in [0.1, 0.15) is 45.3 Å². The third-order valence-corrected chi connectivity index (χ3v) is 5.25. The molecule has 2 rings (SSSR count). The summed E-state index contributed by atoms with van der Waals surface area (Å²) in [6, 6.07) is 4.76. The number of nitrogens with one attached hydrogen (secondary N) is 1. The van der Waals surface area contributed by atoms with Crippen LogP contribution in [0.15, 0.2) is 18.2 Å².